The third-order valence-corrected chi connectivity index (χ3v) is 4.47. The Hall–Kier alpha value is -3.03. The molecule has 30 heavy (non-hydrogen) atoms. The summed E-state index contributed by atoms with van der Waals surface area (Å²) in [4.78, 5) is 12.6. The van der Waals surface area contributed by atoms with Crippen LogP contribution in [0.2, 0.25) is 0 Å². The van der Waals surface area contributed by atoms with E-state index in [1.54, 1.807) is 13.8 Å². The molecule has 0 spiro atoms. The van der Waals surface area contributed by atoms with Crippen LogP contribution in [-0.2, 0) is 6.42 Å². The molecule has 0 radical (unpaired) electrons. The average molecular weight is 423 g/mol. The fraction of sp³-hybridized carbons (Fsp3) is 0.318. The lowest BCUT2D eigenvalue weighted by Gasteiger charge is -2.15. The molecule has 0 aliphatic carbocycles. The van der Waals surface area contributed by atoms with Crippen molar-refractivity contribution in [2.24, 2.45) is 0 Å². The largest absolute Gasteiger partial charge is 0.491 e. The molecule has 0 bridgehead atoms. The number of furan rings is 1. The summed E-state index contributed by atoms with van der Waals surface area (Å²) in [6.07, 6.45) is -5.90. The van der Waals surface area contributed by atoms with Crippen LogP contribution >= 0.6 is 0 Å². The molecule has 1 N–H and O–H groups in total. The predicted octanol–water partition coefficient (Wildman–Crippen LogP) is 5.88. The van der Waals surface area contributed by atoms with E-state index in [0.29, 0.717) is 16.5 Å². The maximum atomic E-state index is 13.3. The molecule has 0 unspecified atom stereocenters. The molecule has 8 heteroatoms. The first kappa shape index (κ1) is 21.7. The summed E-state index contributed by atoms with van der Waals surface area (Å²) in [5.74, 6) is -0.420. The van der Waals surface area contributed by atoms with E-state index >= 15 is 0 Å². The van der Waals surface area contributed by atoms with Gasteiger partial charge in [0.2, 0.25) is 0 Å². The predicted molar refractivity (Wildman–Crippen MR) is 105 cm³/mol. The summed E-state index contributed by atoms with van der Waals surface area (Å²) < 4.78 is 63.2. The summed E-state index contributed by atoms with van der Waals surface area (Å²) in [6, 6.07) is 8.40. The van der Waals surface area contributed by atoms with Gasteiger partial charge in [-0.3, -0.25) is 4.79 Å². The van der Waals surface area contributed by atoms with Crippen LogP contribution in [0.4, 0.5) is 17.6 Å². The van der Waals surface area contributed by atoms with Crippen molar-refractivity contribution in [1.29, 1.82) is 0 Å². The average Bonchev–Trinajstić information content (AvgIpc) is 3.03. The van der Waals surface area contributed by atoms with Gasteiger partial charge in [0.05, 0.1) is 11.7 Å². The number of halogens is 4. The van der Waals surface area contributed by atoms with Gasteiger partial charge in [-0.25, -0.2) is 4.39 Å². The molecular weight excluding hydrogens is 402 g/mol. The van der Waals surface area contributed by atoms with Crippen LogP contribution in [0.5, 0.6) is 5.75 Å². The minimum atomic E-state index is -4.32. The monoisotopic (exact) mass is 423 g/mol. The molecule has 1 aromatic heterocycles. The molecule has 0 fully saturated rings. The number of carbonyl (C=O) groups is 1. The van der Waals surface area contributed by atoms with E-state index in [0.717, 1.165) is 0 Å². The third kappa shape index (κ3) is 4.75. The van der Waals surface area contributed by atoms with Crippen molar-refractivity contribution < 1.29 is 31.5 Å². The number of amides is 1. The standard InChI is InChI=1S/C22H21F4NO3/c1-12(2)29-17-11-16-18(10-14(17)8-9-22(24,25)26)30-20(19(16)21(28)27-3)13-4-6-15(23)7-5-13/h4-7,10-12H,8-9H2,1-3H3,(H,27,28). The summed E-state index contributed by atoms with van der Waals surface area (Å²) >= 11 is 0. The Kier molecular flexibility index (Phi) is 6.05. The van der Waals surface area contributed by atoms with Gasteiger partial charge in [-0.15, -0.1) is 0 Å². The van der Waals surface area contributed by atoms with E-state index in [1.165, 1.54) is 43.4 Å². The zero-order chi connectivity index (χ0) is 22.1. The number of nitrogens with one attached hydrogen (secondary N) is 1. The highest BCUT2D eigenvalue weighted by atomic mass is 19.4. The lowest BCUT2D eigenvalue weighted by Crippen LogP contribution is -2.18. The zero-order valence-corrected chi connectivity index (χ0v) is 16.7. The van der Waals surface area contributed by atoms with Gasteiger partial charge in [-0.1, -0.05) is 0 Å². The van der Waals surface area contributed by atoms with Crippen LogP contribution < -0.4 is 10.1 Å². The minimum absolute atomic E-state index is 0.202. The molecule has 3 rings (SSSR count). The van der Waals surface area contributed by atoms with E-state index in [-0.39, 0.29) is 35.2 Å². The highest BCUT2D eigenvalue weighted by molar-refractivity contribution is 6.11. The van der Waals surface area contributed by atoms with E-state index in [1.807, 2.05) is 0 Å². The van der Waals surface area contributed by atoms with E-state index in [9.17, 15) is 22.4 Å². The smallest absolute Gasteiger partial charge is 0.389 e. The van der Waals surface area contributed by atoms with Crippen LogP contribution in [-0.4, -0.2) is 25.2 Å². The normalized spacial score (nSPS) is 11.9. The molecule has 0 saturated carbocycles. The Balaban J connectivity index is 2.21. The summed E-state index contributed by atoms with van der Waals surface area (Å²) in [6.45, 7) is 3.52. The quantitative estimate of drug-likeness (QED) is 0.504. The Morgan fingerprint density at radius 3 is 2.40 bits per heavy atom. The van der Waals surface area contributed by atoms with Crippen LogP contribution in [0, 0.1) is 5.82 Å². The van der Waals surface area contributed by atoms with Gasteiger partial charge < -0.3 is 14.5 Å². The fourth-order valence-electron chi connectivity index (χ4n) is 3.16. The second kappa shape index (κ2) is 8.38. The van der Waals surface area contributed by atoms with Gasteiger partial charge in [0.1, 0.15) is 22.9 Å². The van der Waals surface area contributed by atoms with Crippen molar-refractivity contribution in [3.8, 4) is 17.1 Å². The number of hydrogen-bond donors (Lipinski definition) is 1. The number of carbonyl (C=O) groups excluding carboxylic acids is 1. The van der Waals surface area contributed by atoms with E-state index in [4.69, 9.17) is 9.15 Å². The van der Waals surface area contributed by atoms with Gasteiger partial charge in [0.15, 0.2) is 0 Å². The molecule has 1 heterocycles. The molecule has 0 aliphatic heterocycles. The van der Waals surface area contributed by atoms with Crippen molar-refractivity contribution in [3.63, 3.8) is 0 Å². The first-order valence-electron chi connectivity index (χ1n) is 9.40. The summed E-state index contributed by atoms with van der Waals surface area (Å²) in [5, 5.41) is 2.94. The van der Waals surface area contributed by atoms with Crippen LogP contribution in [0.1, 0.15) is 36.2 Å². The molecule has 1 amide bonds. The van der Waals surface area contributed by atoms with E-state index < -0.39 is 24.3 Å². The Morgan fingerprint density at radius 2 is 1.83 bits per heavy atom. The van der Waals surface area contributed by atoms with Gasteiger partial charge in [-0.05, 0) is 62.2 Å². The second-order valence-corrected chi connectivity index (χ2v) is 7.13. The molecule has 4 nitrogen and oxygen atoms in total. The molecule has 2 aromatic carbocycles. The Labute approximate surface area is 170 Å². The number of hydrogen-bond acceptors (Lipinski definition) is 3. The Morgan fingerprint density at radius 1 is 1.17 bits per heavy atom. The van der Waals surface area contributed by atoms with Gasteiger partial charge in [0, 0.05) is 24.4 Å². The summed E-state index contributed by atoms with van der Waals surface area (Å²) in [7, 11) is 1.46. The van der Waals surface area contributed by atoms with Crippen molar-refractivity contribution in [1.82, 2.24) is 5.32 Å². The highest BCUT2D eigenvalue weighted by Crippen LogP contribution is 2.38. The van der Waals surface area contributed by atoms with Gasteiger partial charge in [0.25, 0.3) is 5.91 Å². The van der Waals surface area contributed by atoms with Crippen molar-refractivity contribution >= 4 is 16.9 Å². The number of fused-ring (bicyclic) bond motifs is 1. The number of alkyl halides is 3. The third-order valence-electron chi connectivity index (χ3n) is 4.47. The first-order valence-corrected chi connectivity index (χ1v) is 9.40. The van der Waals surface area contributed by atoms with Gasteiger partial charge >= 0.3 is 6.18 Å². The SMILES string of the molecule is CNC(=O)c1c(-c2ccc(F)cc2)oc2cc(CCC(F)(F)F)c(OC(C)C)cc12. The zero-order valence-electron chi connectivity index (χ0n) is 16.7. The topological polar surface area (TPSA) is 51.5 Å². The molecule has 160 valence electrons. The molecular formula is C22H21F4NO3. The van der Waals surface area contributed by atoms with Crippen LogP contribution in [0.15, 0.2) is 40.8 Å². The van der Waals surface area contributed by atoms with Gasteiger partial charge in [-0.2, -0.15) is 13.2 Å². The second-order valence-electron chi connectivity index (χ2n) is 7.13. The molecule has 0 saturated heterocycles. The van der Waals surface area contributed by atoms with Crippen molar-refractivity contribution in [2.45, 2.75) is 39.0 Å². The van der Waals surface area contributed by atoms with Crippen LogP contribution in [0.25, 0.3) is 22.3 Å². The number of benzene rings is 2. The lowest BCUT2D eigenvalue weighted by molar-refractivity contribution is -0.134. The minimum Gasteiger partial charge on any atom is -0.491 e. The fourth-order valence-corrected chi connectivity index (χ4v) is 3.16. The molecule has 0 aliphatic rings. The first-order chi connectivity index (χ1) is 14.1. The maximum Gasteiger partial charge on any atom is 0.389 e. The lowest BCUT2D eigenvalue weighted by atomic mass is 10.0. The molecule has 3 aromatic rings. The maximum absolute atomic E-state index is 13.3. The number of aryl methyl sites for hydroxylation is 1. The van der Waals surface area contributed by atoms with E-state index in [2.05, 4.69) is 5.32 Å². The van der Waals surface area contributed by atoms with Crippen molar-refractivity contribution in [3.05, 3.63) is 53.3 Å². The van der Waals surface area contributed by atoms with Crippen molar-refractivity contribution in [2.75, 3.05) is 7.05 Å². The Bertz CT molecular complexity index is 1050. The summed E-state index contributed by atoms with van der Waals surface area (Å²) in [5.41, 5.74) is 1.25. The van der Waals surface area contributed by atoms with Crippen LogP contribution in [0.3, 0.4) is 0 Å². The highest BCUT2D eigenvalue weighted by Gasteiger charge is 2.28. The number of ether oxygens (including phenoxy) is 1. The number of rotatable bonds is 6. The molecule has 0 atom stereocenters.